The van der Waals surface area contributed by atoms with Gasteiger partial charge in [0.1, 0.15) is 5.02 Å². The Balaban J connectivity index is 1.43. The number of rotatable bonds is 19. The number of carbonyl (C=O) groups excluding carboxylic acids is 2. The van der Waals surface area contributed by atoms with E-state index in [0.29, 0.717) is 34.7 Å². The van der Waals surface area contributed by atoms with Crippen molar-refractivity contribution in [1.82, 2.24) is 19.8 Å². The summed E-state index contributed by atoms with van der Waals surface area (Å²) in [6.07, 6.45) is 14.9. The monoisotopic (exact) mass is 613 g/mol. The summed E-state index contributed by atoms with van der Waals surface area (Å²) in [6.45, 7) is 11.1. The molecular formula is C34H52ClN5O3. The molecule has 0 bridgehead atoms. The minimum Gasteiger partial charge on any atom is -0.465 e. The smallest absolute Gasteiger partial charge is 0.306 e. The van der Waals surface area contributed by atoms with Crippen LogP contribution in [-0.4, -0.2) is 38.3 Å². The number of aromatic nitrogens is 4. The molecule has 2 aromatic heterocycles. The predicted molar refractivity (Wildman–Crippen MR) is 176 cm³/mol. The summed E-state index contributed by atoms with van der Waals surface area (Å²) in [5.74, 6) is 0.424. The lowest BCUT2D eigenvalue weighted by Crippen LogP contribution is -2.17. The van der Waals surface area contributed by atoms with Crippen LogP contribution in [0.25, 0.3) is 17.0 Å². The molecule has 8 nitrogen and oxygen atoms in total. The lowest BCUT2D eigenvalue weighted by Gasteiger charge is -2.17. The van der Waals surface area contributed by atoms with Gasteiger partial charge in [-0.3, -0.25) is 14.7 Å². The number of esters is 1. The molecule has 0 spiro atoms. The second-order valence-corrected chi connectivity index (χ2v) is 13.2. The van der Waals surface area contributed by atoms with Gasteiger partial charge in [0.05, 0.1) is 18.7 Å². The zero-order valence-electron chi connectivity index (χ0n) is 26.9. The zero-order chi connectivity index (χ0) is 31.2. The van der Waals surface area contributed by atoms with Gasteiger partial charge < -0.3 is 10.1 Å². The quantitative estimate of drug-likeness (QED) is 0.104. The number of H-pyrrole nitrogens is 1. The fourth-order valence-corrected chi connectivity index (χ4v) is 5.67. The van der Waals surface area contributed by atoms with E-state index >= 15 is 0 Å². The maximum Gasteiger partial charge on any atom is 0.306 e. The van der Waals surface area contributed by atoms with Crippen molar-refractivity contribution < 1.29 is 14.3 Å². The average molecular weight is 614 g/mol. The summed E-state index contributed by atoms with van der Waals surface area (Å²) in [7, 11) is 0. The Morgan fingerprint density at radius 1 is 0.930 bits per heavy atom. The Morgan fingerprint density at radius 2 is 1.53 bits per heavy atom. The van der Waals surface area contributed by atoms with Gasteiger partial charge in [-0.25, -0.2) is 4.98 Å². The van der Waals surface area contributed by atoms with Crippen molar-refractivity contribution in [2.75, 3.05) is 11.9 Å². The molecule has 43 heavy (non-hydrogen) atoms. The number of unbranched alkanes of at least 4 members (excludes halogenated alkanes) is 8. The van der Waals surface area contributed by atoms with Crippen molar-refractivity contribution in [3.63, 3.8) is 0 Å². The second-order valence-electron chi connectivity index (χ2n) is 12.8. The van der Waals surface area contributed by atoms with Crippen LogP contribution >= 0.6 is 11.6 Å². The average Bonchev–Trinajstić information content (AvgIpc) is 3.54. The first-order valence-corrected chi connectivity index (χ1v) is 16.7. The Bertz CT molecular complexity index is 1280. The van der Waals surface area contributed by atoms with Crippen LogP contribution in [0.3, 0.4) is 0 Å². The number of hydrogen-bond donors (Lipinski definition) is 2. The molecule has 9 heteroatoms. The highest BCUT2D eigenvalue weighted by Gasteiger charge is 2.24. The van der Waals surface area contributed by atoms with Crippen molar-refractivity contribution in [1.29, 1.82) is 0 Å². The van der Waals surface area contributed by atoms with Crippen LogP contribution in [0.1, 0.15) is 130 Å². The Kier molecular flexibility index (Phi) is 14.0. The van der Waals surface area contributed by atoms with Crippen molar-refractivity contribution in [2.24, 2.45) is 5.92 Å². The number of fused-ring (bicyclic) bond motifs is 1. The molecule has 0 saturated carbocycles. The van der Waals surface area contributed by atoms with Gasteiger partial charge in [0.25, 0.3) is 0 Å². The molecule has 2 heterocycles. The van der Waals surface area contributed by atoms with Gasteiger partial charge >= 0.3 is 5.97 Å². The van der Waals surface area contributed by atoms with E-state index in [1.54, 1.807) is 16.8 Å². The third-order valence-electron chi connectivity index (χ3n) is 7.89. The van der Waals surface area contributed by atoms with Gasteiger partial charge in [-0.05, 0) is 43.0 Å². The molecule has 0 aliphatic heterocycles. The molecule has 0 radical (unpaired) electrons. The Morgan fingerprint density at radius 3 is 2.14 bits per heavy atom. The van der Waals surface area contributed by atoms with Crippen LogP contribution < -0.4 is 5.32 Å². The van der Waals surface area contributed by atoms with Crippen LogP contribution in [0, 0.1) is 5.92 Å². The van der Waals surface area contributed by atoms with Gasteiger partial charge in [-0.1, -0.05) is 110 Å². The van der Waals surface area contributed by atoms with E-state index in [-0.39, 0.29) is 30.1 Å². The summed E-state index contributed by atoms with van der Waals surface area (Å²) >= 11 is 6.55. The predicted octanol–water partition coefficient (Wildman–Crippen LogP) is 9.27. The van der Waals surface area contributed by atoms with Crippen LogP contribution in [0.15, 0.2) is 24.3 Å². The van der Waals surface area contributed by atoms with Gasteiger partial charge in [-0.2, -0.15) is 4.63 Å². The van der Waals surface area contributed by atoms with Gasteiger partial charge in [0, 0.05) is 23.1 Å². The SMILES string of the molecule is CCCCCCCCC(CCCCCC)COC(=O)CCC(=O)Nc1ccc(-c2nc3c(Cl)c(C(C)(C)C)[nH]n3n2)cc1. The summed E-state index contributed by atoms with van der Waals surface area (Å²) < 4.78 is 7.22. The van der Waals surface area contributed by atoms with E-state index in [1.807, 2.05) is 12.1 Å². The van der Waals surface area contributed by atoms with Gasteiger partial charge in [0.2, 0.25) is 5.91 Å². The van der Waals surface area contributed by atoms with Crippen LogP contribution in [0.2, 0.25) is 5.02 Å². The fourth-order valence-electron chi connectivity index (χ4n) is 5.23. The number of amides is 1. The highest BCUT2D eigenvalue weighted by molar-refractivity contribution is 6.34. The molecule has 1 unspecified atom stereocenters. The molecule has 238 valence electrons. The minimum absolute atomic E-state index is 0.0749. The first kappa shape index (κ1) is 34.6. The van der Waals surface area contributed by atoms with Crippen molar-refractivity contribution in [3.05, 3.63) is 35.0 Å². The summed E-state index contributed by atoms with van der Waals surface area (Å²) in [6, 6.07) is 7.30. The number of nitrogens with one attached hydrogen (secondary N) is 2. The fraction of sp³-hybridized carbons (Fsp3) is 0.647. The number of aromatic amines is 1. The van der Waals surface area contributed by atoms with Crippen LogP contribution in [0.5, 0.6) is 0 Å². The molecule has 0 fully saturated rings. The third kappa shape index (κ3) is 11.3. The minimum atomic E-state index is -0.304. The standard InChI is InChI=1S/C34H52ClN5O3/c1-6-8-10-12-13-15-17-25(16-14-11-9-7-2)24-43-29(42)23-22-28(41)36-27-20-18-26(19-21-27)32-37-33-30(35)31(34(3,4)5)38-40(33)39-32/h18-21,25,38H,6-17,22-24H2,1-5H3,(H,36,41). The number of ether oxygens (including phenoxy) is 1. The van der Waals surface area contributed by atoms with Crippen molar-refractivity contribution >= 4 is 34.8 Å². The lowest BCUT2D eigenvalue weighted by molar-refractivity contribution is -0.146. The van der Waals surface area contributed by atoms with Crippen molar-refractivity contribution in [2.45, 2.75) is 130 Å². The number of carbonyl (C=O) groups is 2. The first-order chi connectivity index (χ1) is 20.6. The largest absolute Gasteiger partial charge is 0.465 e. The van der Waals surface area contributed by atoms with Crippen LogP contribution in [-0.2, 0) is 19.7 Å². The molecule has 1 amide bonds. The van der Waals surface area contributed by atoms with E-state index in [9.17, 15) is 9.59 Å². The maximum absolute atomic E-state index is 12.5. The number of benzene rings is 1. The number of anilines is 1. The van der Waals surface area contributed by atoms with E-state index in [4.69, 9.17) is 16.3 Å². The van der Waals surface area contributed by atoms with E-state index < -0.39 is 0 Å². The molecule has 1 aromatic carbocycles. The third-order valence-corrected chi connectivity index (χ3v) is 8.24. The molecule has 3 rings (SSSR count). The summed E-state index contributed by atoms with van der Waals surface area (Å²) in [5.41, 5.74) is 2.76. The maximum atomic E-state index is 12.5. The first-order valence-electron chi connectivity index (χ1n) is 16.3. The lowest BCUT2D eigenvalue weighted by atomic mass is 9.92. The van der Waals surface area contributed by atoms with E-state index in [2.05, 4.69) is 55.1 Å². The number of hydrogen-bond acceptors (Lipinski definition) is 5. The van der Waals surface area contributed by atoms with Crippen LogP contribution in [0.4, 0.5) is 5.69 Å². The van der Waals surface area contributed by atoms with Gasteiger partial charge in [0.15, 0.2) is 11.5 Å². The molecule has 3 aromatic rings. The molecular weight excluding hydrogens is 562 g/mol. The van der Waals surface area contributed by atoms with E-state index in [0.717, 1.165) is 24.1 Å². The molecule has 0 saturated heterocycles. The molecule has 1 atom stereocenters. The number of nitrogens with zero attached hydrogens (tertiary/aromatic N) is 3. The summed E-state index contributed by atoms with van der Waals surface area (Å²) in [4.78, 5) is 29.6. The van der Waals surface area contributed by atoms with E-state index in [1.165, 1.54) is 64.2 Å². The summed E-state index contributed by atoms with van der Waals surface area (Å²) in [5, 5.41) is 11.2. The molecule has 0 aliphatic carbocycles. The normalized spacial score (nSPS) is 12.5. The second kappa shape index (κ2) is 17.4. The molecule has 0 aliphatic rings. The highest BCUT2D eigenvalue weighted by Crippen LogP contribution is 2.32. The van der Waals surface area contributed by atoms with Crippen molar-refractivity contribution in [3.8, 4) is 11.4 Å². The highest BCUT2D eigenvalue weighted by atomic mass is 35.5. The topological polar surface area (TPSA) is 101 Å². The van der Waals surface area contributed by atoms with Gasteiger partial charge in [-0.15, -0.1) is 5.10 Å². The molecule has 2 N–H and O–H groups in total. The Labute approximate surface area is 262 Å². The Hall–Kier alpha value is -2.87. The number of halogens is 1. The zero-order valence-corrected chi connectivity index (χ0v) is 27.7.